The summed E-state index contributed by atoms with van der Waals surface area (Å²) in [7, 11) is 0. The number of pyridine rings is 1. The number of ketones is 1. The van der Waals surface area contributed by atoms with E-state index < -0.39 is 0 Å². The van der Waals surface area contributed by atoms with Gasteiger partial charge in [-0.2, -0.15) is 0 Å². The molecule has 3 nitrogen and oxygen atoms in total. The molecule has 0 aliphatic carbocycles. The van der Waals surface area contributed by atoms with Gasteiger partial charge in [-0.1, -0.05) is 0 Å². The van der Waals surface area contributed by atoms with Gasteiger partial charge >= 0.3 is 0 Å². The van der Waals surface area contributed by atoms with Gasteiger partial charge in [-0.05, 0) is 13.0 Å². The van der Waals surface area contributed by atoms with Crippen LogP contribution in [0.4, 0.5) is 0 Å². The molecule has 3 heteroatoms. The zero-order chi connectivity index (χ0) is 7.56. The van der Waals surface area contributed by atoms with E-state index >= 15 is 0 Å². The lowest BCUT2D eigenvalue weighted by atomic mass is 10.2. The van der Waals surface area contributed by atoms with Crippen molar-refractivity contribution in [1.82, 2.24) is 4.98 Å². The van der Waals surface area contributed by atoms with Crippen LogP contribution < -0.4 is 5.56 Å². The largest absolute Gasteiger partial charge is 0.329 e. The van der Waals surface area contributed by atoms with Crippen molar-refractivity contribution < 1.29 is 4.79 Å². The number of nitrogens with one attached hydrogen (secondary N) is 1. The third kappa shape index (κ3) is 1.31. The second kappa shape index (κ2) is 2.47. The van der Waals surface area contributed by atoms with Crippen LogP contribution in [0, 0.1) is 0 Å². The first kappa shape index (κ1) is 6.74. The van der Waals surface area contributed by atoms with Crippen LogP contribution in [0.15, 0.2) is 23.1 Å². The van der Waals surface area contributed by atoms with Gasteiger partial charge in [0.25, 0.3) is 0 Å². The number of H-pyrrole nitrogens is 1. The van der Waals surface area contributed by atoms with E-state index in [9.17, 15) is 9.59 Å². The average molecular weight is 137 g/mol. The molecule has 0 bridgehead atoms. The molecule has 1 heterocycles. The second-order valence-corrected chi connectivity index (χ2v) is 2.00. The summed E-state index contributed by atoms with van der Waals surface area (Å²) in [5.41, 5.74) is 0.205. The highest BCUT2D eigenvalue weighted by atomic mass is 16.1. The van der Waals surface area contributed by atoms with E-state index in [0.717, 1.165) is 0 Å². The van der Waals surface area contributed by atoms with E-state index in [2.05, 4.69) is 4.98 Å². The summed E-state index contributed by atoms with van der Waals surface area (Å²) < 4.78 is 0. The van der Waals surface area contributed by atoms with Gasteiger partial charge in [0.2, 0.25) is 5.56 Å². The predicted molar refractivity (Wildman–Crippen MR) is 37.1 cm³/mol. The molecule has 0 saturated heterocycles. The lowest BCUT2D eigenvalue weighted by molar-refractivity contribution is 0.101. The summed E-state index contributed by atoms with van der Waals surface area (Å²) >= 11 is 0. The van der Waals surface area contributed by atoms with Crippen LogP contribution >= 0.6 is 0 Å². The molecule has 0 amide bonds. The summed E-state index contributed by atoms with van der Waals surface area (Å²) in [5.74, 6) is -0.0916. The van der Waals surface area contributed by atoms with Crippen molar-refractivity contribution in [3.05, 3.63) is 34.2 Å². The first-order valence-corrected chi connectivity index (χ1v) is 2.90. The molecule has 0 spiro atoms. The summed E-state index contributed by atoms with van der Waals surface area (Å²) in [6, 6.07) is 2.85. The van der Waals surface area contributed by atoms with Crippen molar-refractivity contribution in [1.29, 1.82) is 0 Å². The molecule has 0 atom stereocenters. The molecule has 52 valence electrons. The van der Waals surface area contributed by atoms with Gasteiger partial charge in [0.15, 0.2) is 5.78 Å². The average Bonchev–Trinajstić information content (AvgIpc) is 1.88. The van der Waals surface area contributed by atoms with Crippen molar-refractivity contribution in [3.63, 3.8) is 0 Å². The smallest absolute Gasteiger partial charge is 0.248 e. The Morgan fingerprint density at radius 1 is 1.60 bits per heavy atom. The second-order valence-electron chi connectivity index (χ2n) is 2.00. The Labute approximate surface area is 57.7 Å². The molecular weight excluding hydrogens is 130 g/mol. The fourth-order valence-corrected chi connectivity index (χ4v) is 0.664. The minimum absolute atomic E-state index is 0.0916. The van der Waals surface area contributed by atoms with Gasteiger partial charge < -0.3 is 4.98 Å². The third-order valence-corrected chi connectivity index (χ3v) is 1.18. The molecule has 1 aromatic rings. The Hall–Kier alpha value is -1.38. The molecule has 0 fully saturated rings. The number of aromatic amines is 1. The van der Waals surface area contributed by atoms with Gasteiger partial charge in [0.1, 0.15) is 0 Å². The zero-order valence-corrected chi connectivity index (χ0v) is 5.55. The number of carbonyl (C=O) groups is 1. The number of rotatable bonds is 1. The lowest BCUT2D eigenvalue weighted by Crippen LogP contribution is -2.05. The highest BCUT2D eigenvalue weighted by Crippen LogP contribution is 1.92. The summed E-state index contributed by atoms with van der Waals surface area (Å²) in [4.78, 5) is 23.7. The predicted octanol–water partition coefficient (Wildman–Crippen LogP) is 0.577. The number of hydrogen-bond donors (Lipinski definition) is 1. The topological polar surface area (TPSA) is 49.9 Å². The molecule has 0 radical (unpaired) electrons. The van der Waals surface area contributed by atoms with E-state index in [1.807, 2.05) is 0 Å². The van der Waals surface area contributed by atoms with Crippen LogP contribution in [0.5, 0.6) is 0 Å². The van der Waals surface area contributed by atoms with Crippen LogP contribution in [0.3, 0.4) is 0 Å². The van der Waals surface area contributed by atoms with E-state index in [-0.39, 0.29) is 11.3 Å². The first-order chi connectivity index (χ1) is 4.70. The molecule has 1 rings (SSSR count). The monoisotopic (exact) mass is 137 g/mol. The molecule has 1 N–H and O–H groups in total. The molecule has 10 heavy (non-hydrogen) atoms. The molecule has 0 aliphatic rings. The molecule has 1 aromatic heterocycles. The van der Waals surface area contributed by atoms with E-state index in [4.69, 9.17) is 0 Å². The van der Waals surface area contributed by atoms with Gasteiger partial charge in [0, 0.05) is 17.8 Å². The standard InChI is InChI=1S/C7H7NO2/c1-5(9)6-2-3-8-7(10)4-6/h2-4H,1H3,(H,8,10). The van der Waals surface area contributed by atoms with Gasteiger partial charge in [0.05, 0.1) is 0 Å². The van der Waals surface area contributed by atoms with Crippen LogP contribution in [0.2, 0.25) is 0 Å². The van der Waals surface area contributed by atoms with Crippen molar-refractivity contribution in [2.45, 2.75) is 6.92 Å². The maximum Gasteiger partial charge on any atom is 0.248 e. The molecule has 0 saturated carbocycles. The van der Waals surface area contributed by atoms with Crippen molar-refractivity contribution in [3.8, 4) is 0 Å². The summed E-state index contributed by atoms with van der Waals surface area (Å²) in [6.45, 7) is 1.43. The lowest BCUT2D eigenvalue weighted by Gasteiger charge is -1.89. The molecule has 0 aromatic carbocycles. The Balaban J connectivity index is 3.20. The minimum atomic E-state index is -0.243. The molecule has 0 unspecified atom stereocenters. The van der Waals surface area contributed by atoms with Crippen LogP contribution in [-0.2, 0) is 0 Å². The molecular formula is C7H7NO2. The fraction of sp³-hybridized carbons (Fsp3) is 0.143. The van der Waals surface area contributed by atoms with Gasteiger partial charge in [-0.15, -0.1) is 0 Å². The molecule has 0 aliphatic heterocycles. The number of hydrogen-bond acceptors (Lipinski definition) is 2. The fourth-order valence-electron chi connectivity index (χ4n) is 0.664. The van der Waals surface area contributed by atoms with Crippen molar-refractivity contribution in [2.75, 3.05) is 0 Å². The maximum atomic E-state index is 10.6. The summed E-state index contributed by atoms with van der Waals surface area (Å²) in [6.07, 6.45) is 1.46. The SMILES string of the molecule is CC(=O)c1cc[nH]c(=O)c1. The number of carbonyl (C=O) groups excluding carboxylic acids is 1. The Kier molecular flexibility index (Phi) is 1.67. The van der Waals surface area contributed by atoms with Crippen LogP contribution in [0.25, 0.3) is 0 Å². The van der Waals surface area contributed by atoms with E-state index in [1.54, 1.807) is 6.07 Å². The maximum absolute atomic E-state index is 10.6. The quantitative estimate of drug-likeness (QED) is 0.575. The normalized spacial score (nSPS) is 9.30. The minimum Gasteiger partial charge on any atom is -0.329 e. The Morgan fingerprint density at radius 2 is 2.30 bits per heavy atom. The first-order valence-electron chi connectivity index (χ1n) is 2.90. The highest BCUT2D eigenvalue weighted by molar-refractivity contribution is 5.93. The highest BCUT2D eigenvalue weighted by Gasteiger charge is 1.96. The Morgan fingerprint density at radius 3 is 2.70 bits per heavy atom. The van der Waals surface area contributed by atoms with E-state index in [0.29, 0.717) is 5.56 Å². The third-order valence-electron chi connectivity index (χ3n) is 1.18. The zero-order valence-electron chi connectivity index (χ0n) is 5.55. The van der Waals surface area contributed by atoms with Crippen LogP contribution in [-0.4, -0.2) is 10.8 Å². The van der Waals surface area contributed by atoms with Crippen LogP contribution in [0.1, 0.15) is 17.3 Å². The van der Waals surface area contributed by atoms with Gasteiger partial charge in [-0.3, -0.25) is 9.59 Å². The number of Topliss-reactive ketones (excluding diaryl/α,β-unsaturated/α-hetero) is 1. The van der Waals surface area contributed by atoms with Crippen molar-refractivity contribution in [2.24, 2.45) is 0 Å². The van der Waals surface area contributed by atoms with E-state index in [1.165, 1.54) is 19.2 Å². The Bertz CT molecular complexity index is 300. The van der Waals surface area contributed by atoms with Crippen molar-refractivity contribution >= 4 is 5.78 Å². The van der Waals surface area contributed by atoms with Gasteiger partial charge in [-0.25, -0.2) is 0 Å². The summed E-state index contributed by atoms with van der Waals surface area (Å²) in [5, 5.41) is 0. The number of aromatic nitrogens is 1.